The molecule has 23 heavy (non-hydrogen) atoms. The van der Waals surface area contributed by atoms with E-state index in [1.54, 1.807) is 0 Å². The fraction of sp³-hybridized carbons (Fsp3) is 0.583. The average Bonchev–Trinajstić information content (AvgIpc) is 3.00. The molecule has 0 aliphatic heterocycles. The molecule has 11 nitrogen and oxygen atoms in total. The van der Waals surface area contributed by atoms with E-state index in [0.29, 0.717) is 0 Å². The Morgan fingerprint density at radius 3 is 2.26 bits per heavy atom. The zero-order chi connectivity index (χ0) is 17.5. The number of rotatable bonds is 5. The van der Waals surface area contributed by atoms with Crippen LogP contribution in [0.4, 0.5) is 0 Å². The Morgan fingerprint density at radius 1 is 1.09 bits per heavy atom. The van der Waals surface area contributed by atoms with Gasteiger partial charge in [-0.2, -0.15) is 0 Å². The van der Waals surface area contributed by atoms with E-state index >= 15 is 0 Å². The van der Waals surface area contributed by atoms with Gasteiger partial charge in [0.15, 0.2) is 5.65 Å². The molecule has 0 bridgehead atoms. The quantitative estimate of drug-likeness (QED) is 0.322. The number of fused-ring (bicyclic) bond motifs is 1. The van der Waals surface area contributed by atoms with E-state index in [2.05, 4.69) is 9.97 Å². The van der Waals surface area contributed by atoms with Gasteiger partial charge >= 0.3 is 5.69 Å². The van der Waals surface area contributed by atoms with Crippen LogP contribution in [0.3, 0.4) is 0 Å². The first-order chi connectivity index (χ1) is 10.7. The lowest BCUT2D eigenvalue weighted by molar-refractivity contribution is -0.117. The van der Waals surface area contributed by atoms with E-state index in [1.165, 1.54) is 14.1 Å². The monoisotopic (exact) mass is 330 g/mol. The molecule has 0 amide bonds. The van der Waals surface area contributed by atoms with Gasteiger partial charge in [-0.25, -0.2) is 9.78 Å². The number of aliphatic hydroxyl groups excluding tert-OH is 5. The van der Waals surface area contributed by atoms with Crippen molar-refractivity contribution in [3.63, 3.8) is 0 Å². The normalized spacial score (nSPS) is 17.2. The number of imidazole rings is 1. The molecule has 0 spiro atoms. The van der Waals surface area contributed by atoms with E-state index in [9.17, 15) is 30.0 Å². The van der Waals surface area contributed by atoms with Gasteiger partial charge in [-0.05, 0) is 0 Å². The molecule has 0 saturated carbocycles. The number of hydrogen-bond acceptors (Lipinski definition) is 8. The second kappa shape index (κ2) is 6.22. The van der Waals surface area contributed by atoms with Crippen LogP contribution < -0.4 is 11.2 Å². The first kappa shape index (κ1) is 17.3. The van der Waals surface area contributed by atoms with Crippen LogP contribution in [0.1, 0.15) is 11.9 Å². The maximum atomic E-state index is 12.0. The summed E-state index contributed by atoms with van der Waals surface area (Å²) >= 11 is 0. The number of aliphatic hydroxyl groups is 5. The fourth-order valence-corrected chi connectivity index (χ4v) is 2.17. The highest BCUT2D eigenvalue weighted by atomic mass is 16.4. The number of H-pyrrole nitrogens is 1. The van der Waals surface area contributed by atoms with Crippen molar-refractivity contribution in [3.05, 3.63) is 26.7 Å². The van der Waals surface area contributed by atoms with E-state index in [-0.39, 0.29) is 17.0 Å². The number of nitrogens with zero attached hydrogens (tertiary/aromatic N) is 3. The van der Waals surface area contributed by atoms with Crippen LogP contribution in [0.5, 0.6) is 0 Å². The van der Waals surface area contributed by atoms with Crippen LogP contribution in [-0.4, -0.2) is 69.6 Å². The van der Waals surface area contributed by atoms with Gasteiger partial charge in [-0.3, -0.25) is 13.9 Å². The molecule has 0 fully saturated rings. The van der Waals surface area contributed by atoms with Crippen molar-refractivity contribution >= 4 is 11.2 Å². The molecule has 2 rings (SSSR count). The minimum atomic E-state index is -1.88. The van der Waals surface area contributed by atoms with Crippen LogP contribution in [0, 0.1) is 0 Å². The second-order valence-electron chi connectivity index (χ2n) is 5.20. The Bertz CT molecular complexity index is 823. The number of hydrogen-bond donors (Lipinski definition) is 6. The lowest BCUT2D eigenvalue weighted by Gasteiger charge is -2.24. The first-order valence-electron chi connectivity index (χ1n) is 6.69. The molecule has 0 aliphatic carbocycles. The van der Waals surface area contributed by atoms with Gasteiger partial charge in [0.1, 0.15) is 35.8 Å². The third kappa shape index (κ3) is 2.80. The standard InChI is InChI=1S/C12H18N4O7/c1-15-10-5(11(22)16(2)12(15)23)13-9(14-10)8(21)7(20)6(19)4(18)3-17/h4,6-8,17-21H,3H2,1-2H3,(H,13,14)/t4-,6+,7+,8-/m1/s1. The van der Waals surface area contributed by atoms with Crippen LogP contribution in [0.2, 0.25) is 0 Å². The maximum Gasteiger partial charge on any atom is 0.332 e. The summed E-state index contributed by atoms with van der Waals surface area (Å²) in [4.78, 5) is 30.2. The SMILES string of the molecule is Cn1c(=O)c2[nH]c([C@H](O)[C@@H](O)[C@@H](O)[C@H](O)CO)nc2n(C)c1=O. The third-order valence-corrected chi connectivity index (χ3v) is 3.65. The predicted octanol–water partition coefficient (Wildman–Crippen LogP) is -3.93. The number of aromatic amines is 1. The van der Waals surface area contributed by atoms with Gasteiger partial charge in [0.2, 0.25) is 0 Å². The van der Waals surface area contributed by atoms with Gasteiger partial charge in [-0.15, -0.1) is 0 Å². The van der Waals surface area contributed by atoms with Gasteiger partial charge in [0.05, 0.1) is 6.61 Å². The van der Waals surface area contributed by atoms with Crippen molar-refractivity contribution in [1.29, 1.82) is 0 Å². The predicted molar refractivity (Wildman–Crippen MR) is 76.6 cm³/mol. The van der Waals surface area contributed by atoms with Gasteiger partial charge in [-0.1, -0.05) is 0 Å². The van der Waals surface area contributed by atoms with Crippen molar-refractivity contribution in [1.82, 2.24) is 19.1 Å². The lowest BCUT2D eigenvalue weighted by atomic mass is 10.0. The molecule has 11 heteroatoms. The number of nitrogens with one attached hydrogen (secondary N) is 1. The molecule has 0 radical (unpaired) electrons. The van der Waals surface area contributed by atoms with Gasteiger partial charge < -0.3 is 30.5 Å². The van der Waals surface area contributed by atoms with E-state index in [0.717, 1.165) is 9.13 Å². The summed E-state index contributed by atoms with van der Waals surface area (Å²) in [6.07, 6.45) is -7.16. The fourth-order valence-electron chi connectivity index (χ4n) is 2.17. The summed E-state index contributed by atoms with van der Waals surface area (Å²) in [6, 6.07) is 0. The van der Waals surface area contributed by atoms with Crippen molar-refractivity contribution in [2.45, 2.75) is 24.4 Å². The Kier molecular flexibility index (Phi) is 4.68. The smallest absolute Gasteiger partial charge is 0.332 e. The molecule has 0 unspecified atom stereocenters. The summed E-state index contributed by atoms with van der Waals surface area (Å²) in [5, 5.41) is 47.5. The van der Waals surface area contributed by atoms with Crippen molar-refractivity contribution in [2.75, 3.05) is 6.61 Å². The highest BCUT2D eigenvalue weighted by molar-refractivity contribution is 5.69. The topological polar surface area (TPSA) is 174 Å². The van der Waals surface area contributed by atoms with Gasteiger partial charge in [0, 0.05) is 14.1 Å². The molecule has 0 aromatic carbocycles. The maximum absolute atomic E-state index is 12.0. The summed E-state index contributed by atoms with van der Waals surface area (Å²) < 4.78 is 1.92. The zero-order valence-corrected chi connectivity index (χ0v) is 12.4. The highest BCUT2D eigenvalue weighted by Gasteiger charge is 2.33. The Balaban J connectivity index is 2.49. The number of aromatic nitrogens is 4. The molecule has 2 aromatic rings. The molecule has 0 aliphatic rings. The molecule has 0 saturated heterocycles. The highest BCUT2D eigenvalue weighted by Crippen LogP contribution is 2.19. The molecular weight excluding hydrogens is 312 g/mol. The average molecular weight is 330 g/mol. The molecule has 6 N–H and O–H groups in total. The molecular formula is C12H18N4O7. The van der Waals surface area contributed by atoms with Gasteiger partial charge in [0.25, 0.3) is 5.56 Å². The van der Waals surface area contributed by atoms with Crippen LogP contribution in [0.25, 0.3) is 11.2 Å². The Labute approximate surface area is 128 Å². The van der Waals surface area contributed by atoms with E-state index < -0.39 is 42.3 Å². The Hall–Kier alpha value is -2.05. The zero-order valence-electron chi connectivity index (χ0n) is 12.4. The summed E-state index contributed by atoms with van der Waals surface area (Å²) in [7, 11) is 2.65. The van der Waals surface area contributed by atoms with Crippen LogP contribution >= 0.6 is 0 Å². The van der Waals surface area contributed by atoms with E-state index in [4.69, 9.17) is 5.11 Å². The summed E-state index contributed by atoms with van der Waals surface area (Å²) in [6.45, 7) is -0.819. The summed E-state index contributed by atoms with van der Waals surface area (Å²) in [5.74, 6) is -0.269. The van der Waals surface area contributed by atoms with Crippen LogP contribution in [0.15, 0.2) is 9.59 Å². The third-order valence-electron chi connectivity index (χ3n) is 3.65. The van der Waals surface area contributed by atoms with Crippen LogP contribution in [-0.2, 0) is 14.1 Å². The Morgan fingerprint density at radius 2 is 1.70 bits per heavy atom. The van der Waals surface area contributed by atoms with Crippen molar-refractivity contribution in [2.24, 2.45) is 14.1 Å². The lowest BCUT2D eigenvalue weighted by Crippen LogP contribution is -2.42. The van der Waals surface area contributed by atoms with E-state index in [1.807, 2.05) is 0 Å². The number of aryl methyl sites for hydroxylation is 1. The minimum Gasteiger partial charge on any atom is -0.394 e. The molecule has 2 aromatic heterocycles. The minimum absolute atomic E-state index is 0.0310. The molecule has 4 atom stereocenters. The second-order valence-corrected chi connectivity index (χ2v) is 5.20. The summed E-state index contributed by atoms with van der Waals surface area (Å²) in [5.41, 5.74) is -1.38. The first-order valence-corrected chi connectivity index (χ1v) is 6.69. The molecule has 2 heterocycles. The van der Waals surface area contributed by atoms with Crippen molar-refractivity contribution < 1.29 is 25.5 Å². The van der Waals surface area contributed by atoms with Crippen molar-refractivity contribution in [3.8, 4) is 0 Å². The largest absolute Gasteiger partial charge is 0.394 e. The molecule has 128 valence electrons.